The molecule has 2 heterocycles. The van der Waals surface area contributed by atoms with E-state index in [0.717, 1.165) is 18.1 Å². The van der Waals surface area contributed by atoms with Crippen LogP contribution in [0.2, 0.25) is 0 Å². The third-order valence-electron chi connectivity index (χ3n) is 3.84. The second kappa shape index (κ2) is 5.61. The molecular weight excluding hydrogens is 293 g/mol. The van der Waals surface area contributed by atoms with Crippen molar-refractivity contribution in [3.63, 3.8) is 0 Å². The van der Waals surface area contributed by atoms with E-state index < -0.39 is 11.9 Å². The van der Waals surface area contributed by atoms with Gasteiger partial charge in [-0.05, 0) is 36.2 Å². The highest BCUT2D eigenvalue weighted by Gasteiger charge is 2.33. The monoisotopic (exact) mass is 308 g/mol. The van der Waals surface area contributed by atoms with Gasteiger partial charge in [-0.2, -0.15) is 13.2 Å². The molecule has 3 nitrogen and oxygen atoms in total. The van der Waals surface area contributed by atoms with Crippen LogP contribution in [0.4, 0.5) is 13.2 Å². The maximum atomic E-state index is 12.8. The molecule has 0 saturated heterocycles. The molecule has 1 aliphatic rings. The Hall–Kier alpha value is -2.08. The first-order chi connectivity index (χ1) is 10.5. The molecule has 0 aliphatic carbocycles. The van der Waals surface area contributed by atoms with E-state index in [1.165, 1.54) is 6.20 Å². The molecule has 3 rings (SSSR count). The average Bonchev–Trinajstić information content (AvgIpc) is 2.53. The molecule has 0 spiro atoms. The van der Waals surface area contributed by atoms with Crippen LogP contribution in [0, 0.1) is 0 Å². The quantitative estimate of drug-likeness (QED) is 0.922. The number of hydrogen-bond acceptors (Lipinski definition) is 3. The highest BCUT2D eigenvalue weighted by atomic mass is 19.4. The number of alkyl halides is 3. The number of hydrogen-bond donors (Lipinski definition) is 1. The largest absolute Gasteiger partial charge is 0.493 e. The van der Waals surface area contributed by atoms with Crippen molar-refractivity contribution in [2.24, 2.45) is 5.73 Å². The zero-order valence-electron chi connectivity index (χ0n) is 11.7. The van der Waals surface area contributed by atoms with Gasteiger partial charge < -0.3 is 10.5 Å². The normalized spacial score (nSPS) is 17.7. The Bertz CT molecular complexity index is 685. The van der Waals surface area contributed by atoms with Crippen LogP contribution in [-0.4, -0.2) is 18.1 Å². The standard InChI is InChI=1S/C16H15F3N2O/c17-16(18,19)14-8-10(4-6-21-14)12-2-1-3-13-11(9-20)5-7-22-15(12)13/h1-4,6,8,11H,5,7,9,20H2/t11-/m1/s1. The number of aromatic nitrogens is 1. The lowest BCUT2D eigenvalue weighted by atomic mass is 9.90. The summed E-state index contributed by atoms with van der Waals surface area (Å²) in [5.41, 5.74) is 6.90. The van der Waals surface area contributed by atoms with Gasteiger partial charge in [-0.3, -0.25) is 4.98 Å². The van der Waals surface area contributed by atoms with E-state index in [9.17, 15) is 13.2 Å². The van der Waals surface area contributed by atoms with Gasteiger partial charge >= 0.3 is 6.18 Å². The molecule has 0 amide bonds. The molecule has 0 bridgehead atoms. The lowest BCUT2D eigenvalue weighted by Gasteiger charge is -2.27. The van der Waals surface area contributed by atoms with Crippen LogP contribution in [0.3, 0.4) is 0 Å². The molecule has 2 N–H and O–H groups in total. The third kappa shape index (κ3) is 2.66. The summed E-state index contributed by atoms with van der Waals surface area (Å²) in [6.07, 6.45) is -2.48. The summed E-state index contributed by atoms with van der Waals surface area (Å²) >= 11 is 0. The number of fused-ring (bicyclic) bond motifs is 1. The summed E-state index contributed by atoms with van der Waals surface area (Å²) in [5, 5.41) is 0. The number of para-hydroxylation sites is 1. The van der Waals surface area contributed by atoms with Gasteiger partial charge in [0.2, 0.25) is 0 Å². The number of benzene rings is 1. The summed E-state index contributed by atoms with van der Waals surface area (Å²) in [7, 11) is 0. The van der Waals surface area contributed by atoms with Gasteiger partial charge in [0.25, 0.3) is 0 Å². The highest BCUT2D eigenvalue weighted by Crippen LogP contribution is 2.41. The van der Waals surface area contributed by atoms with Gasteiger partial charge in [0.15, 0.2) is 0 Å². The molecule has 0 unspecified atom stereocenters. The van der Waals surface area contributed by atoms with E-state index in [1.807, 2.05) is 12.1 Å². The molecule has 0 saturated carbocycles. The number of nitrogens with zero attached hydrogens (tertiary/aromatic N) is 1. The molecule has 6 heteroatoms. The van der Waals surface area contributed by atoms with E-state index >= 15 is 0 Å². The predicted octanol–water partition coefficient (Wildman–Crippen LogP) is 3.59. The Morgan fingerprint density at radius 2 is 2.09 bits per heavy atom. The van der Waals surface area contributed by atoms with Gasteiger partial charge in [-0.15, -0.1) is 0 Å². The Morgan fingerprint density at radius 1 is 1.27 bits per heavy atom. The number of rotatable bonds is 2. The van der Waals surface area contributed by atoms with Crippen molar-refractivity contribution in [2.45, 2.75) is 18.5 Å². The van der Waals surface area contributed by atoms with Crippen LogP contribution in [0.25, 0.3) is 11.1 Å². The van der Waals surface area contributed by atoms with Crippen LogP contribution in [0.1, 0.15) is 23.6 Å². The Morgan fingerprint density at radius 3 is 2.82 bits per heavy atom. The van der Waals surface area contributed by atoms with Crippen molar-refractivity contribution in [1.82, 2.24) is 4.98 Å². The molecule has 0 radical (unpaired) electrons. The summed E-state index contributed by atoms with van der Waals surface area (Å²) < 4.78 is 44.2. The summed E-state index contributed by atoms with van der Waals surface area (Å²) in [6.45, 7) is 1.01. The minimum absolute atomic E-state index is 0.174. The highest BCUT2D eigenvalue weighted by molar-refractivity contribution is 5.73. The minimum atomic E-state index is -4.47. The van der Waals surface area contributed by atoms with Crippen molar-refractivity contribution in [1.29, 1.82) is 0 Å². The summed E-state index contributed by atoms with van der Waals surface area (Å²) in [5.74, 6) is 0.802. The first-order valence-corrected chi connectivity index (χ1v) is 7.00. The van der Waals surface area contributed by atoms with Gasteiger partial charge in [-0.1, -0.05) is 18.2 Å². The van der Waals surface area contributed by atoms with Gasteiger partial charge in [-0.25, -0.2) is 0 Å². The van der Waals surface area contributed by atoms with Crippen molar-refractivity contribution < 1.29 is 17.9 Å². The first kappa shape index (κ1) is 14.8. The molecule has 1 aromatic heterocycles. The van der Waals surface area contributed by atoms with Crippen molar-refractivity contribution in [3.05, 3.63) is 47.8 Å². The smallest absolute Gasteiger partial charge is 0.433 e. The topological polar surface area (TPSA) is 48.1 Å². The predicted molar refractivity (Wildman–Crippen MR) is 76.6 cm³/mol. The van der Waals surface area contributed by atoms with E-state index in [4.69, 9.17) is 10.5 Å². The molecular formula is C16H15F3N2O. The fourth-order valence-corrected chi connectivity index (χ4v) is 2.72. The number of ether oxygens (including phenoxy) is 1. The summed E-state index contributed by atoms with van der Waals surface area (Å²) in [4.78, 5) is 3.39. The van der Waals surface area contributed by atoms with Gasteiger partial charge in [0.1, 0.15) is 11.4 Å². The SMILES string of the molecule is NC[C@H]1CCOc2c(-c3ccnc(C(F)(F)F)c3)cccc21. The van der Waals surface area contributed by atoms with E-state index in [0.29, 0.717) is 30.0 Å². The van der Waals surface area contributed by atoms with E-state index in [1.54, 1.807) is 12.1 Å². The number of nitrogens with two attached hydrogens (primary N) is 1. The van der Waals surface area contributed by atoms with Gasteiger partial charge in [0, 0.05) is 17.7 Å². The van der Waals surface area contributed by atoms with Crippen LogP contribution < -0.4 is 10.5 Å². The van der Waals surface area contributed by atoms with Crippen molar-refractivity contribution in [2.75, 3.05) is 13.2 Å². The minimum Gasteiger partial charge on any atom is -0.493 e. The number of pyridine rings is 1. The third-order valence-corrected chi connectivity index (χ3v) is 3.84. The molecule has 116 valence electrons. The zero-order valence-corrected chi connectivity index (χ0v) is 11.7. The van der Waals surface area contributed by atoms with E-state index in [2.05, 4.69) is 4.98 Å². The average molecular weight is 308 g/mol. The zero-order chi connectivity index (χ0) is 15.7. The Labute approximate surface area is 125 Å². The lowest BCUT2D eigenvalue weighted by molar-refractivity contribution is -0.141. The van der Waals surface area contributed by atoms with Crippen LogP contribution in [-0.2, 0) is 6.18 Å². The second-order valence-corrected chi connectivity index (χ2v) is 5.22. The lowest BCUT2D eigenvalue weighted by Crippen LogP contribution is -2.21. The molecule has 2 aromatic rings. The first-order valence-electron chi connectivity index (χ1n) is 7.00. The maximum absolute atomic E-state index is 12.8. The van der Waals surface area contributed by atoms with Crippen molar-refractivity contribution >= 4 is 0 Å². The van der Waals surface area contributed by atoms with E-state index in [-0.39, 0.29) is 5.92 Å². The fourth-order valence-electron chi connectivity index (χ4n) is 2.72. The maximum Gasteiger partial charge on any atom is 0.433 e. The second-order valence-electron chi connectivity index (χ2n) is 5.22. The van der Waals surface area contributed by atoms with Crippen LogP contribution >= 0.6 is 0 Å². The molecule has 0 fully saturated rings. The van der Waals surface area contributed by atoms with Gasteiger partial charge in [0.05, 0.1) is 6.61 Å². The molecule has 1 atom stereocenters. The molecule has 22 heavy (non-hydrogen) atoms. The Kier molecular flexibility index (Phi) is 3.78. The van der Waals surface area contributed by atoms with Crippen LogP contribution in [0.5, 0.6) is 5.75 Å². The Balaban J connectivity index is 2.10. The fraction of sp³-hybridized carbons (Fsp3) is 0.312. The van der Waals surface area contributed by atoms with Crippen molar-refractivity contribution in [3.8, 4) is 16.9 Å². The molecule has 1 aliphatic heterocycles. The summed E-state index contributed by atoms with van der Waals surface area (Å²) in [6, 6.07) is 8.10. The molecule has 1 aromatic carbocycles. The van der Waals surface area contributed by atoms with Crippen LogP contribution in [0.15, 0.2) is 36.5 Å². The number of halogens is 3.